The third-order valence-electron chi connectivity index (χ3n) is 4.44. The maximum atomic E-state index is 12.2. The molecule has 0 saturated heterocycles. The number of carbonyl (C=O) groups excluding carboxylic acids is 1. The van der Waals surface area contributed by atoms with Crippen molar-refractivity contribution in [3.8, 4) is 11.5 Å². The van der Waals surface area contributed by atoms with Crippen molar-refractivity contribution in [1.82, 2.24) is 5.32 Å². The summed E-state index contributed by atoms with van der Waals surface area (Å²) in [7, 11) is -1.95. The second-order valence-corrected chi connectivity index (χ2v) is 9.14. The zero-order valence-corrected chi connectivity index (χ0v) is 18.7. The molecule has 0 aliphatic rings. The van der Waals surface area contributed by atoms with Crippen LogP contribution < -0.4 is 19.1 Å². The van der Waals surface area contributed by atoms with Gasteiger partial charge in [-0.25, -0.2) is 8.42 Å². The lowest BCUT2D eigenvalue weighted by Crippen LogP contribution is -2.37. The number of carbonyl (C=O) groups is 1. The van der Waals surface area contributed by atoms with Gasteiger partial charge in [-0.2, -0.15) is 0 Å². The lowest BCUT2D eigenvalue weighted by atomic mass is 10.2. The summed E-state index contributed by atoms with van der Waals surface area (Å²) in [6.07, 6.45) is 1.75. The van der Waals surface area contributed by atoms with Crippen molar-refractivity contribution in [2.45, 2.75) is 32.7 Å². The van der Waals surface area contributed by atoms with E-state index in [1.807, 2.05) is 38.1 Å². The Morgan fingerprint density at radius 2 is 1.83 bits per heavy atom. The Kier molecular flexibility index (Phi) is 8.53. The zero-order valence-electron chi connectivity index (χ0n) is 17.9. The molecule has 0 spiro atoms. The number of hydrogen-bond acceptors (Lipinski definition) is 5. The molecule has 0 bridgehead atoms. The highest BCUT2D eigenvalue weighted by atomic mass is 32.2. The highest BCUT2D eigenvalue weighted by molar-refractivity contribution is 7.92. The molecular formula is C22H30N2O5S. The summed E-state index contributed by atoms with van der Waals surface area (Å²) >= 11 is 0. The molecule has 8 heteroatoms. The number of nitrogens with zero attached hydrogens (tertiary/aromatic N) is 1. The largest absolute Gasteiger partial charge is 0.497 e. The first-order valence-electron chi connectivity index (χ1n) is 9.79. The van der Waals surface area contributed by atoms with E-state index in [2.05, 4.69) is 5.32 Å². The van der Waals surface area contributed by atoms with Gasteiger partial charge in [-0.1, -0.05) is 23.8 Å². The maximum Gasteiger partial charge on any atom is 0.232 e. The summed E-state index contributed by atoms with van der Waals surface area (Å²) in [6.45, 7) is 4.43. The van der Waals surface area contributed by atoms with Gasteiger partial charge >= 0.3 is 0 Å². The number of nitrogens with one attached hydrogen (secondary N) is 1. The molecule has 1 N–H and O–H groups in total. The van der Waals surface area contributed by atoms with Gasteiger partial charge in [0.25, 0.3) is 0 Å². The predicted octanol–water partition coefficient (Wildman–Crippen LogP) is 3.13. The average Bonchev–Trinajstić information content (AvgIpc) is 2.70. The molecule has 1 atom stereocenters. The number of aryl methyl sites for hydroxylation is 1. The summed E-state index contributed by atoms with van der Waals surface area (Å²) in [5.41, 5.74) is 1.66. The Morgan fingerprint density at radius 1 is 1.13 bits per heavy atom. The molecule has 0 saturated carbocycles. The maximum absolute atomic E-state index is 12.2. The number of benzene rings is 2. The van der Waals surface area contributed by atoms with E-state index in [-0.39, 0.29) is 24.9 Å². The first-order valence-corrected chi connectivity index (χ1v) is 11.6. The number of hydrogen-bond donors (Lipinski definition) is 1. The molecule has 0 fully saturated rings. The van der Waals surface area contributed by atoms with Gasteiger partial charge in [-0.15, -0.1) is 0 Å². The Balaban J connectivity index is 1.82. The molecule has 0 aromatic heterocycles. The van der Waals surface area contributed by atoms with Crippen LogP contribution in [0.5, 0.6) is 11.5 Å². The predicted molar refractivity (Wildman–Crippen MR) is 119 cm³/mol. The standard InChI is InChI=1S/C22H30N2O5S/c1-17-10-12-20(13-11-17)29-16-18(2)23-22(25)9-6-14-24(30(4,26)27)19-7-5-8-21(15-19)28-3/h5,7-8,10-13,15,18H,6,9,14,16H2,1-4H3,(H,23,25)/t18-/m0/s1. The van der Waals surface area contributed by atoms with Crippen molar-refractivity contribution in [3.63, 3.8) is 0 Å². The molecule has 164 valence electrons. The van der Waals surface area contributed by atoms with E-state index in [1.165, 1.54) is 11.4 Å². The van der Waals surface area contributed by atoms with E-state index in [1.54, 1.807) is 24.3 Å². The van der Waals surface area contributed by atoms with E-state index in [4.69, 9.17) is 9.47 Å². The molecule has 7 nitrogen and oxygen atoms in total. The normalized spacial score (nSPS) is 12.1. The van der Waals surface area contributed by atoms with Gasteiger partial charge in [0, 0.05) is 19.0 Å². The first kappa shape index (κ1) is 23.5. The van der Waals surface area contributed by atoms with E-state index >= 15 is 0 Å². The van der Waals surface area contributed by atoms with Crippen molar-refractivity contribution in [2.24, 2.45) is 0 Å². The van der Waals surface area contributed by atoms with Crippen LogP contribution in [0.4, 0.5) is 5.69 Å². The van der Waals surface area contributed by atoms with Crippen molar-refractivity contribution < 1.29 is 22.7 Å². The summed E-state index contributed by atoms with van der Waals surface area (Å²) in [6, 6.07) is 14.4. The summed E-state index contributed by atoms with van der Waals surface area (Å²) in [4.78, 5) is 12.2. The van der Waals surface area contributed by atoms with E-state index in [9.17, 15) is 13.2 Å². The molecule has 2 aromatic carbocycles. The molecular weight excluding hydrogens is 404 g/mol. The minimum absolute atomic E-state index is 0.144. The van der Waals surface area contributed by atoms with E-state index in [0.29, 0.717) is 24.5 Å². The van der Waals surface area contributed by atoms with Crippen molar-refractivity contribution in [1.29, 1.82) is 0 Å². The van der Waals surface area contributed by atoms with Crippen LogP contribution in [0.25, 0.3) is 0 Å². The Morgan fingerprint density at radius 3 is 2.47 bits per heavy atom. The van der Waals surface area contributed by atoms with Crippen molar-refractivity contribution >= 4 is 21.6 Å². The fourth-order valence-electron chi connectivity index (χ4n) is 2.88. The number of rotatable bonds is 11. The molecule has 2 aromatic rings. The third-order valence-corrected chi connectivity index (χ3v) is 5.63. The quantitative estimate of drug-likeness (QED) is 0.587. The van der Waals surface area contributed by atoms with Crippen LogP contribution in [-0.2, 0) is 14.8 Å². The molecule has 30 heavy (non-hydrogen) atoms. The fraction of sp³-hybridized carbons (Fsp3) is 0.409. The molecule has 2 rings (SSSR count). The van der Waals surface area contributed by atoms with Gasteiger partial charge < -0.3 is 14.8 Å². The third kappa shape index (κ3) is 7.59. The zero-order chi connectivity index (χ0) is 22.1. The average molecular weight is 435 g/mol. The molecule has 0 heterocycles. The molecule has 0 unspecified atom stereocenters. The fourth-order valence-corrected chi connectivity index (χ4v) is 3.84. The van der Waals surface area contributed by atoms with Crippen LogP contribution in [-0.4, -0.2) is 46.9 Å². The Bertz CT molecular complexity index is 929. The SMILES string of the molecule is COc1cccc(N(CCCC(=O)N[C@@H](C)COc2ccc(C)cc2)S(C)(=O)=O)c1. The topological polar surface area (TPSA) is 84.9 Å². The van der Waals surface area contributed by atoms with Crippen LogP contribution in [0.3, 0.4) is 0 Å². The van der Waals surface area contributed by atoms with E-state index in [0.717, 1.165) is 17.6 Å². The van der Waals surface area contributed by atoms with Crippen LogP contribution in [0.2, 0.25) is 0 Å². The number of sulfonamides is 1. The Hall–Kier alpha value is -2.74. The lowest BCUT2D eigenvalue weighted by molar-refractivity contribution is -0.121. The first-order chi connectivity index (χ1) is 14.2. The number of amides is 1. The highest BCUT2D eigenvalue weighted by Gasteiger charge is 2.18. The second kappa shape index (κ2) is 10.9. The summed E-state index contributed by atoms with van der Waals surface area (Å²) in [5.74, 6) is 1.18. The minimum Gasteiger partial charge on any atom is -0.497 e. The van der Waals surface area contributed by atoms with Gasteiger partial charge in [0.15, 0.2) is 0 Å². The second-order valence-electron chi connectivity index (χ2n) is 7.23. The van der Waals surface area contributed by atoms with E-state index < -0.39 is 10.0 Å². The molecule has 0 aliphatic heterocycles. The van der Waals surface area contributed by atoms with Crippen molar-refractivity contribution in [2.75, 3.05) is 30.8 Å². The van der Waals surface area contributed by atoms with Crippen molar-refractivity contribution in [3.05, 3.63) is 54.1 Å². The highest BCUT2D eigenvalue weighted by Crippen LogP contribution is 2.23. The number of ether oxygens (including phenoxy) is 2. The number of methoxy groups -OCH3 is 1. The molecule has 1 amide bonds. The lowest BCUT2D eigenvalue weighted by Gasteiger charge is -2.23. The van der Waals surface area contributed by atoms with Crippen LogP contribution >= 0.6 is 0 Å². The van der Waals surface area contributed by atoms with Crippen LogP contribution in [0, 0.1) is 6.92 Å². The summed E-state index contributed by atoms with van der Waals surface area (Å²) < 4.78 is 36.5. The molecule has 0 radical (unpaired) electrons. The monoisotopic (exact) mass is 434 g/mol. The van der Waals surface area contributed by atoms with Gasteiger partial charge in [-0.3, -0.25) is 9.10 Å². The van der Waals surface area contributed by atoms with Gasteiger partial charge in [0.2, 0.25) is 15.9 Å². The van der Waals surface area contributed by atoms with Gasteiger partial charge in [0.1, 0.15) is 18.1 Å². The van der Waals surface area contributed by atoms with Gasteiger partial charge in [0.05, 0.1) is 25.1 Å². The summed E-state index contributed by atoms with van der Waals surface area (Å²) in [5, 5.41) is 2.88. The van der Waals surface area contributed by atoms with Crippen LogP contribution in [0.15, 0.2) is 48.5 Å². The smallest absolute Gasteiger partial charge is 0.232 e. The molecule has 0 aliphatic carbocycles. The minimum atomic E-state index is -3.48. The number of anilines is 1. The Labute approximate surface area is 179 Å². The van der Waals surface area contributed by atoms with Gasteiger partial charge in [-0.05, 0) is 44.5 Å². The van der Waals surface area contributed by atoms with Crippen LogP contribution in [0.1, 0.15) is 25.3 Å².